The van der Waals surface area contributed by atoms with Crippen molar-refractivity contribution in [3.05, 3.63) is 28.2 Å². The second-order valence-electron chi connectivity index (χ2n) is 2.88. The van der Waals surface area contributed by atoms with Crippen LogP contribution in [0.15, 0.2) is 22.7 Å². The Morgan fingerprint density at radius 3 is 2.93 bits per heavy atom. The topological polar surface area (TPSA) is 29.5 Å². The first kappa shape index (κ1) is 9.96. The summed E-state index contributed by atoms with van der Waals surface area (Å²) < 4.78 is 7.28. The summed E-state index contributed by atoms with van der Waals surface area (Å²) >= 11 is 5.02. The lowest BCUT2D eigenvalue weighted by Crippen LogP contribution is -1.82. The van der Waals surface area contributed by atoms with Gasteiger partial charge in [0.2, 0.25) is 0 Å². The van der Waals surface area contributed by atoms with Crippen LogP contribution in [0.3, 0.4) is 0 Å². The molecule has 1 aromatic carbocycles. The maximum absolute atomic E-state index is 9.16. The largest absolute Gasteiger partial charge is 0.487 e. The van der Waals surface area contributed by atoms with E-state index in [0.29, 0.717) is 0 Å². The maximum Gasteiger partial charge on any atom is 0.174 e. The van der Waals surface area contributed by atoms with Gasteiger partial charge in [0.1, 0.15) is 0 Å². The number of rotatable bonds is 2. The molecule has 0 aliphatic heterocycles. The first-order valence-corrected chi connectivity index (χ1v) is 5.73. The van der Waals surface area contributed by atoms with Crippen molar-refractivity contribution in [3.8, 4) is 5.06 Å². The molecule has 0 bridgehead atoms. The van der Waals surface area contributed by atoms with Crippen molar-refractivity contribution in [2.24, 2.45) is 0 Å². The van der Waals surface area contributed by atoms with Crippen molar-refractivity contribution in [2.75, 3.05) is 7.11 Å². The van der Waals surface area contributed by atoms with Gasteiger partial charge in [-0.1, -0.05) is 33.3 Å². The van der Waals surface area contributed by atoms with E-state index in [0.717, 1.165) is 25.2 Å². The predicted octanol–water partition coefficient (Wildman–Crippen LogP) is 3.16. The highest BCUT2D eigenvalue weighted by Crippen LogP contribution is 2.37. The third-order valence-electron chi connectivity index (χ3n) is 2.06. The van der Waals surface area contributed by atoms with Crippen molar-refractivity contribution in [1.29, 1.82) is 0 Å². The molecule has 0 spiro atoms. The lowest BCUT2D eigenvalue weighted by atomic mass is 10.2. The third-order valence-corrected chi connectivity index (χ3v) is 3.92. The Morgan fingerprint density at radius 1 is 1.50 bits per heavy atom. The number of methoxy groups -OCH3 is 1. The Hall–Kier alpha value is -0.580. The van der Waals surface area contributed by atoms with Gasteiger partial charge in [0.15, 0.2) is 5.06 Å². The zero-order valence-electron chi connectivity index (χ0n) is 7.58. The third kappa shape index (κ3) is 1.54. The summed E-state index contributed by atoms with van der Waals surface area (Å²) in [6, 6.07) is 5.84. The van der Waals surface area contributed by atoms with Gasteiger partial charge in [-0.25, -0.2) is 0 Å². The van der Waals surface area contributed by atoms with Crippen LogP contribution in [-0.4, -0.2) is 12.2 Å². The maximum atomic E-state index is 9.16. The van der Waals surface area contributed by atoms with Crippen LogP contribution < -0.4 is 4.74 Å². The van der Waals surface area contributed by atoms with Crippen molar-refractivity contribution >= 4 is 37.4 Å². The number of hydrogen-bond donors (Lipinski definition) is 1. The van der Waals surface area contributed by atoms with Gasteiger partial charge < -0.3 is 9.84 Å². The normalized spacial score (nSPS) is 10.8. The minimum atomic E-state index is 0.0629. The van der Waals surface area contributed by atoms with E-state index in [1.165, 1.54) is 0 Å². The number of hydrogen-bond acceptors (Lipinski definition) is 3. The van der Waals surface area contributed by atoms with Crippen LogP contribution >= 0.6 is 27.3 Å². The quantitative estimate of drug-likeness (QED) is 0.910. The fourth-order valence-electron chi connectivity index (χ4n) is 1.35. The van der Waals surface area contributed by atoms with Gasteiger partial charge in [0.25, 0.3) is 0 Å². The highest BCUT2D eigenvalue weighted by Gasteiger charge is 2.08. The number of halogens is 1. The van der Waals surface area contributed by atoms with Crippen molar-refractivity contribution < 1.29 is 9.84 Å². The molecule has 0 saturated carbocycles. The molecule has 0 fully saturated rings. The molecule has 2 aromatic rings. The molecule has 0 aliphatic carbocycles. The molecule has 0 unspecified atom stereocenters. The lowest BCUT2D eigenvalue weighted by molar-refractivity contribution is 0.283. The first-order valence-electron chi connectivity index (χ1n) is 4.12. The van der Waals surface area contributed by atoms with Crippen molar-refractivity contribution in [2.45, 2.75) is 6.61 Å². The fraction of sp³-hybridized carbons (Fsp3) is 0.200. The zero-order valence-corrected chi connectivity index (χ0v) is 9.98. The van der Waals surface area contributed by atoms with Gasteiger partial charge in [-0.3, -0.25) is 0 Å². The van der Waals surface area contributed by atoms with E-state index >= 15 is 0 Å². The molecule has 2 nitrogen and oxygen atoms in total. The molecule has 1 heterocycles. The standard InChI is InChI=1S/C10H9BrO2S/c1-13-9-4-7-8(11)3-2-6(5-12)10(7)14-9/h2-4,12H,5H2,1H3. The van der Waals surface area contributed by atoms with E-state index in [-0.39, 0.29) is 6.61 Å². The molecule has 1 aromatic heterocycles. The van der Waals surface area contributed by atoms with Crippen LogP contribution in [0.4, 0.5) is 0 Å². The summed E-state index contributed by atoms with van der Waals surface area (Å²) in [6.07, 6.45) is 0. The van der Waals surface area contributed by atoms with E-state index in [1.807, 2.05) is 18.2 Å². The molecule has 4 heteroatoms. The SMILES string of the molecule is COc1cc2c(Br)ccc(CO)c2s1. The van der Waals surface area contributed by atoms with Crippen molar-refractivity contribution in [3.63, 3.8) is 0 Å². The first-order chi connectivity index (χ1) is 6.76. The summed E-state index contributed by atoms with van der Waals surface area (Å²) in [5, 5.41) is 11.1. The number of fused-ring (bicyclic) bond motifs is 1. The van der Waals surface area contributed by atoms with Crippen LogP contribution in [-0.2, 0) is 6.61 Å². The summed E-state index contributed by atoms with van der Waals surface area (Å²) in [5.41, 5.74) is 0.941. The van der Waals surface area contributed by atoms with Gasteiger partial charge in [-0.05, 0) is 11.6 Å². The predicted molar refractivity (Wildman–Crippen MR) is 62.0 cm³/mol. The molecule has 0 saturated heterocycles. The van der Waals surface area contributed by atoms with E-state index in [4.69, 9.17) is 9.84 Å². The van der Waals surface area contributed by atoms with Crippen LogP contribution in [0.2, 0.25) is 0 Å². The Labute approximate surface area is 94.3 Å². The number of thiophene rings is 1. The average Bonchev–Trinajstić information content (AvgIpc) is 2.63. The molecular formula is C10H9BrO2S. The summed E-state index contributed by atoms with van der Waals surface area (Å²) in [7, 11) is 1.65. The molecule has 1 N–H and O–H groups in total. The second kappa shape index (κ2) is 3.88. The Bertz CT molecular complexity index is 464. The molecular weight excluding hydrogens is 264 g/mol. The summed E-state index contributed by atoms with van der Waals surface area (Å²) in [5.74, 6) is 0. The molecule has 0 atom stereocenters. The van der Waals surface area contributed by atoms with Gasteiger partial charge in [-0.15, -0.1) is 0 Å². The van der Waals surface area contributed by atoms with E-state index in [9.17, 15) is 0 Å². The van der Waals surface area contributed by atoms with E-state index in [1.54, 1.807) is 18.4 Å². The van der Waals surface area contributed by atoms with Crippen LogP contribution in [0, 0.1) is 0 Å². The summed E-state index contributed by atoms with van der Waals surface area (Å²) in [6.45, 7) is 0.0629. The van der Waals surface area contributed by atoms with Gasteiger partial charge in [-0.2, -0.15) is 0 Å². The second-order valence-corrected chi connectivity index (χ2v) is 4.75. The Morgan fingerprint density at radius 2 is 2.29 bits per heavy atom. The lowest BCUT2D eigenvalue weighted by Gasteiger charge is -1.99. The van der Waals surface area contributed by atoms with E-state index in [2.05, 4.69) is 15.9 Å². The minimum absolute atomic E-state index is 0.0629. The minimum Gasteiger partial charge on any atom is -0.487 e. The monoisotopic (exact) mass is 272 g/mol. The molecule has 2 rings (SSSR count). The molecule has 74 valence electrons. The average molecular weight is 273 g/mol. The van der Waals surface area contributed by atoms with Crippen molar-refractivity contribution in [1.82, 2.24) is 0 Å². The highest BCUT2D eigenvalue weighted by atomic mass is 79.9. The molecule has 0 radical (unpaired) electrons. The Balaban J connectivity index is 2.74. The number of aliphatic hydroxyl groups excluding tert-OH is 1. The van der Waals surface area contributed by atoms with Crippen LogP contribution in [0.5, 0.6) is 5.06 Å². The fourth-order valence-corrected chi connectivity index (χ4v) is 2.93. The smallest absolute Gasteiger partial charge is 0.174 e. The molecule has 0 aliphatic rings. The van der Waals surface area contributed by atoms with Gasteiger partial charge in [0, 0.05) is 20.6 Å². The number of ether oxygens (including phenoxy) is 1. The van der Waals surface area contributed by atoms with E-state index < -0.39 is 0 Å². The van der Waals surface area contributed by atoms with Crippen LogP contribution in [0.25, 0.3) is 10.1 Å². The number of benzene rings is 1. The number of aliphatic hydroxyl groups is 1. The molecule has 14 heavy (non-hydrogen) atoms. The zero-order chi connectivity index (χ0) is 10.1. The molecule has 0 amide bonds. The summed E-state index contributed by atoms with van der Waals surface area (Å²) in [4.78, 5) is 0. The highest BCUT2D eigenvalue weighted by molar-refractivity contribution is 9.10. The Kier molecular flexibility index (Phi) is 2.76. The van der Waals surface area contributed by atoms with Gasteiger partial charge >= 0.3 is 0 Å². The van der Waals surface area contributed by atoms with Crippen LogP contribution in [0.1, 0.15) is 5.56 Å². The van der Waals surface area contributed by atoms with Gasteiger partial charge in [0.05, 0.1) is 13.7 Å².